The Kier molecular flexibility index (Phi) is 5.31. The molecule has 0 saturated carbocycles. The summed E-state index contributed by atoms with van der Waals surface area (Å²) in [6.07, 6.45) is 2.26. The van der Waals surface area contributed by atoms with Crippen molar-refractivity contribution in [2.45, 2.75) is 32.1 Å². The molecular formula is C10H14N5O4-. The minimum atomic E-state index is -0.473. The zero-order chi connectivity index (χ0) is 14.4. The standard InChI is InChI=1S/C10H14N2O4.N3/c1-6-4-12(10(15)11-9(6)14)8-3-2-7(5-13)16-8;1-3-2/h4,7-8,13H,2-3,5H2,1H3,(H,11,14,15);/q;-1/t7-,8+;/m0./s1. The minimum Gasteiger partial charge on any atom is -0.394 e. The predicted molar refractivity (Wildman–Crippen MR) is 66.4 cm³/mol. The smallest absolute Gasteiger partial charge is 0.330 e. The Bertz CT molecular complexity index is 572. The third-order valence-electron chi connectivity index (χ3n) is 2.74. The van der Waals surface area contributed by atoms with Crippen molar-refractivity contribution in [3.63, 3.8) is 0 Å². The van der Waals surface area contributed by atoms with Gasteiger partial charge in [-0.3, -0.25) is 19.3 Å². The molecule has 0 amide bonds. The zero-order valence-electron chi connectivity index (χ0n) is 10.3. The van der Waals surface area contributed by atoms with E-state index in [9.17, 15) is 9.59 Å². The Morgan fingerprint density at radius 3 is 2.68 bits per heavy atom. The number of hydrogen-bond donors (Lipinski definition) is 2. The fourth-order valence-corrected chi connectivity index (χ4v) is 1.83. The van der Waals surface area contributed by atoms with Crippen molar-refractivity contribution < 1.29 is 9.84 Å². The van der Waals surface area contributed by atoms with Gasteiger partial charge in [0.15, 0.2) is 0 Å². The van der Waals surface area contributed by atoms with Gasteiger partial charge in [0.25, 0.3) is 5.56 Å². The monoisotopic (exact) mass is 268 g/mol. The molecule has 9 nitrogen and oxygen atoms in total. The van der Waals surface area contributed by atoms with E-state index in [-0.39, 0.29) is 24.5 Å². The highest BCUT2D eigenvalue weighted by Crippen LogP contribution is 2.26. The number of nitrogens with one attached hydrogen (secondary N) is 1. The van der Waals surface area contributed by atoms with E-state index in [1.807, 2.05) is 0 Å². The normalized spacial score (nSPS) is 21.4. The van der Waals surface area contributed by atoms with Gasteiger partial charge in [-0.15, -0.1) is 0 Å². The maximum Gasteiger partial charge on any atom is 0.330 e. The van der Waals surface area contributed by atoms with Crippen LogP contribution in [0.15, 0.2) is 15.8 Å². The Labute approximate surface area is 107 Å². The summed E-state index contributed by atoms with van der Waals surface area (Å²) in [6, 6.07) is 0. The van der Waals surface area contributed by atoms with Gasteiger partial charge in [-0.2, -0.15) is 0 Å². The number of rotatable bonds is 2. The van der Waals surface area contributed by atoms with E-state index >= 15 is 0 Å². The molecule has 2 rings (SSSR count). The van der Waals surface area contributed by atoms with Crippen molar-refractivity contribution in [1.82, 2.24) is 9.55 Å². The summed E-state index contributed by atoms with van der Waals surface area (Å²) < 4.78 is 6.83. The molecule has 0 unspecified atom stereocenters. The van der Waals surface area contributed by atoms with Gasteiger partial charge in [0.2, 0.25) is 0 Å². The van der Waals surface area contributed by atoms with E-state index in [0.717, 1.165) is 0 Å². The van der Waals surface area contributed by atoms with Crippen molar-refractivity contribution in [1.29, 1.82) is 0 Å². The molecule has 1 aliphatic heterocycles. The maximum atomic E-state index is 11.5. The van der Waals surface area contributed by atoms with E-state index in [1.54, 1.807) is 6.92 Å². The molecule has 0 radical (unpaired) electrons. The topological polar surface area (TPSA) is 143 Å². The van der Waals surface area contributed by atoms with Crippen LogP contribution in [-0.4, -0.2) is 27.4 Å². The van der Waals surface area contributed by atoms with Crippen molar-refractivity contribution in [2.24, 2.45) is 0 Å². The Hall–Kier alpha value is -2.09. The first-order chi connectivity index (χ1) is 9.03. The van der Waals surface area contributed by atoms with Crippen LogP contribution in [0.1, 0.15) is 24.6 Å². The third kappa shape index (κ3) is 3.68. The van der Waals surface area contributed by atoms with Crippen LogP contribution in [0.25, 0.3) is 16.0 Å². The summed E-state index contributed by atoms with van der Waals surface area (Å²) >= 11 is 0. The van der Waals surface area contributed by atoms with Crippen LogP contribution < -0.4 is 11.2 Å². The third-order valence-corrected chi connectivity index (χ3v) is 2.74. The van der Waals surface area contributed by atoms with Gasteiger partial charge in [0.1, 0.15) is 6.23 Å². The van der Waals surface area contributed by atoms with Crippen LogP contribution in [-0.2, 0) is 4.74 Å². The van der Waals surface area contributed by atoms with E-state index in [0.29, 0.717) is 18.4 Å². The van der Waals surface area contributed by atoms with Gasteiger partial charge in [-0.25, -0.2) is 4.79 Å². The number of aliphatic hydroxyl groups is 1. The number of hydrogen-bond acceptors (Lipinski definition) is 4. The van der Waals surface area contributed by atoms with Crippen molar-refractivity contribution in [3.05, 3.63) is 48.6 Å². The zero-order valence-corrected chi connectivity index (χ0v) is 10.3. The lowest BCUT2D eigenvalue weighted by Crippen LogP contribution is -2.33. The lowest BCUT2D eigenvalue weighted by atomic mass is 10.2. The first kappa shape index (κ1) is 15.0. The molecule has 1 aromatic heterocycles. The molecule has 2 atom stereocenters. The van der Waals surface area contributed by atoms with Crippen LogP contribution in [0.2, 0.25) is 0 Å². The van der Waals surface area contributed by atoms with Gasteiger partial charge in [0, 0.05) is 11.8 Å². The summed E-state index contributed by atoms with van der Waals surface area (Å²) in [5.41, 5.74) is 13.1. The molecule has 1 aromatic rings. The number of ether oxygens (including phenoxy) is 1. The van der Waals surface area contributed by atoms with Crippen molar-refractivity contribution >= 4 is 0 Å². The van der Waals surface area contributed by atoms with Gasteiger partial charge in [-0.05, 0) is 19.8 Å². The molecular weight excluding hydrogens is 254 g/mol. The van der Waals surface area contributed by atoms with Crippen LogP contribution in [0.5, 0.6) is 0 Å². The number of nitrogens with zero attached hydrogens (tertiary/aromatic N) is 4. The van der Waals surface area contributed by atoms with Crippen LogP contribution in [0, 0.1) is 6.92 Å². The molecule has 0 bridgehead atoms. The quantitative estimate of drug-likeness (QED) is 0.454. The Balaban J connectivity index is 0.000000550. The minimum absolute atomic E-state index is 0.0480. The number of aromatic amines is 1. The average Bonchev–Trinajstić information content (AvgIpc) is 2.83. The highest BCUT2D eigenvalue weighted by Gasteiger charge is 2.26. The fourth-order valence-electron chi connectivity index (χ4n) is 1.83. The highest BCUT2D eigenvalue weighted by molar-refractivity contribution is 5.01. The molecule has 0 aliphatic carbocycles. The van der Waals surface area contributed by atoms with Gasteiger partial charge in [-0.1, -0.05) is 0 Å². The van der Waals surface area contributed by atoms with Crippen LogP contribution in [0.3, 0.4) is 0 Å². The molecule has 104 valence electrons. The van der Waals surface area contributed by atoms with Crippen LogP contribution in [0.4, 0.5) is 0 Å². The van der Waals surface area contributed by atoms with Crippen molar-refractivity contribution in [3.8, 4) is 0 Å². The molecule has 2 N–H and O–H groups in total. The van der Waals surface area contributed by atoms with Crippen LogP contribution >= 0.6 is 0 Å². The molecule has 0 aromatic carbocycles. The first-order valence-electron chi connectivity index (χ1n) is 5.60. The molecule has 0 spiro atoms. The molecule has 1 aliphatic rings. The lowest BCUT2D eigenvalue weighted by Gasteiger charge is -2.14. The van der Waals surface area contributed by atoms with Gasteiger partial charge >= 0.3 is 5.69 Å². The summed E-state index contributed by atoms with van der Waals surface area (Å²) in [7, 11) is 0. The maximum absolute atomic E-state index is 11.5. The van der Waals surface area contributed by atoms with E-state index in [4.69, 9.17) is 20.9 Å². The Morgan fingerprint density at radius 1 is 1.53 bits per heavy atom. The van der Waals surface area contributed by atoms with Gasteiger partial charge < -0.3 is 20.9 Å². The van der Waals surface area contributed by atoms with E-state index in [2.05, 4.69) is 4.98 Å². The second-order valence-electron chi connectivity index (χ2n) is 4.04. The summed E-state index contributed by atoms with van der Waals surface area (Å²) in [6.45, 7) is 1.58. The molecule has 1 fully saturated rings. The largest absolute Gasteiger partial charge is 0.394 e. The lowest BCUT2D eigenvalue weighted by molar-refractivity contribution is -0.0247. The number of H-pyrrole nitrogens is 1. The summed E-state index contributed by atoms with van der Waals surface area (Å²) in [5.74, 6) is 0. The van der Waals surface area contributed by atoms with Crippen molar-refractivity contribution in [2.75, 3.05) is 6.61 Å². The first-order valence-corrected chi connectivity index (χ1v) is 5.60. The number of aliphatic hydroxyl groups excluding tert-OH is 1. The average molecular weight is 268 g/mol. The Morgan fingerprint density at radius 2 is 2.16 bits per heavy atom. The molecule has 2 heterocycles. The number of aromatic nitrogens is 2. The predicted octanol–water partition coefficient (Wildman–Crippen LogP) is 0.381. The van der Waals surface area contributed by atoms with Gasteiger partial charge in [0.05, 0.1) is 12.7 Å². The summed E-state index contributed by atoms with van der Waals surface area (Å²) in [5, 5.41) is 8.93. The molecule has 1 saturated heterocycles. The SMILES string of the molecule is Cc1cn([C@H]2CC[C@@H](CO)O2)c(=O)[nH]c1=O.[N-]=[N+]=[N-]. The summed E-state index contributed by atoms with van der Waals surface area (Å²) in [4.78, 5) is 26.4. The second-order valence-corrected chi connectivity index (χ2v) is 4.04. The van der Waals surface area contributed by atoms with E-state index in [1.165, 1.54) is 15.7 Å². The molecule has 9 heteroatoms. The molecule has 19 heavy (non-hydrogen) atoms. The fraction of sp³-hybridized carbons (Fsp3) is 0.600. The number of aryl methyl sites for hydroxylation is 1. The van der Waals surface area contributed by atoms with E-state index < -0.39 is 5.69 Å². The highest BCUT2D eigenvalue weighted by atomic mass is 16.5. The second kappa shape index (κ2) is 6.74.